The van der Waals surface area contributed by atoms with Gasteiger partial charge in [0.15, 0.2) is 0 Å². The minimum absolute atomic E-state index is 0.0936. The van der Waals surface area contributed by atoms with E-state index >= 15 is 0 Å². The number of sulfonamides is 1. The molecule has 112 valence electrons. The summed E-state index contributed by atoms with van der Waals surface area (Å²) in [5, 5.41) is 0. The smallest absolute Gasteiger partial charge is 0.324 e. The quantitative estimate of drug-likeness (QED) is 0.833. The second-order valence-electron chi connectivity index (χ2n) is 5.33. The fraction of sp³-hybridized carbons (Fsp3) is 0.462. The number of hydrogen-bond acceptors (Lipinski definition) is 4. The molecule has 1 aromatic rings. The maximum absolute atomic E-state index is 12.1. The van der Waals surface area contributed by atoms with Crippen LogP contribution in [0.3, 0.4) is 0 Å². The van der Waals surface area contributed by atoms with Crippen molar-refractivity contribution in [3.05, 3.63) is 28.7 Å². The van der Waals surface area contributed by atoms with Gasteiger partial charge in [-0.2, -0.15) is 4.72 Å². The largest absolute Gasteiger partial charge is 0.459 e. The number of halogens is 1. The molecule has 5 nitrogen and oxygen atoms in total. The van der Waals surface area contributed by atoms with Crippen LogP contribution in [0.15, 0.2) is 33.6 Å². The van der Waals surface area contributed by atoms with E-state index in [0.717, 1.165) is 4.47 Å². The number of carbonyl (C=O) groups is 1. The lowest BCUT2D eigenvalue weighted by Crippen LogP contribution is -2.42. The normalized spacial score (nSPS) is 13.8. The van der Waals surface area contributed by atoms with E-state index in [1.54, 1.807) is 32.9 Å². The molecule has 0 aliphatic carbocycles. The molecule has 0 spiro atoms. The topological polar surface area (TPSA) is 72.5 Å². The van der Waals surface area contributed by atoms with E-state index in [9.17, 15) is 13.2 Å². The third kappa shape index (κ3) is 5.22. The molecule has 0 unspecified atom stereocenters. The average Bonchev–Trinajstić information content (AvgIpc) is 2.26. The molecule has 0 aliphatic heterocycles. The minimum Gasteiger partial charge on any atom is -0.459 e. The van der Waals surface area contributed by atoms with E-state index in [2.05, 4.69) is 20.7 Å². The zero-order chi connectivity index (χ0) is 15.6. The number of rotatable bonds is 4. The van der Waals surface area contributed by atoms with E-state index < -0.39 is 27.6 Å². The first-order valence-corrected chi connectivity index (χ1v) is 8.30. The van der Waals surface area contributed by atoms with Crippen molar-refractivity contribution in [1.82, 2.24) is 4.72 Å². The highest BCUT2D eigenvalue weighted by atomic mass is 79.9. The Hall–Kier alpha value is -0.920. The van der Waals surface area contributed by atoms with Crippen molar-refractivity contribution in [2.45, 2.75) is 44.2 Å². The standard InChI is InChI=1S/C13H18BrNO4S/c1-9(12(16)19-13(2,3)4)15-20(17,18)11-7-5-10(14)6-8-11/h5-9,15H,1-4H3/t9-/m1/s1. The SMILES string of the molecule is C[C@@H](NS(=O)(=O)c1ccc(Br)cc1)C(=O)OC(C)(C)C. The van der Waals surface area contributed by atoms with Crippen molar-refractivity contribution in [1.29, 1.82) is 0 Å². The lowest BCUT2D eigenvalue weighted by Gasteiger charge is -2.22. The third-order valence-corrected chi connectivity index (χ3v) is 4.30. The molecule has 1 aromatic carbocycles. The summed E-state index contributed by atoms with van der Waals surface area (Å²) in [7, 11) is -3.75. The summed E-state index contributed by atoms with van der Waals surface area (Å²) in [5.74, 6) is -0.613. The lowest BCUT2D eigenvalue weighted by molar-refractivity contribution is -0.156. The Labute approximate surface area is 127 Å². The molecular weight excluding hydrogens is 346 g/mol. The molecule has 0 aromatic heterocycles. The fourth-order valence-electron chi connectivity index (χ4n) is 1.35. The molecule has 0 fully saturated rings. The van der Waals surface area contributed by atoms with Crippen LogP contribution in [0.4, 0.5) is 0 Å². The molecule has 1 atom stereocenters. The van der Waals surface area contributed by atoms with Crippen LogP contribution in [-0.4, -0.2) is 26.0 Å². The van der Waals surface area contributed by atoms with Gasteiger partial charge in [-0.25, -0.2) is 8.42 Å². The van der Waals surface area contributed by atoms with Gasteiger partial charge in [-0.05, 0) is 52.0 Å². The number of nitrogens with one attached hydrogen (secondary N) is 1. The van der Waals surface area contributed by atoms with Crippen LogP contribution in [-0.2, 0) is 19.6 Å². The van der Waals surface area contributed by atoms with Crippen molar-refractivity contribution in [2.24, 2.45) is 0 Å². The van der Waals surface area contributed by atoms with Crippen LogP contribution in [0.1, 0.15) is 27.7 Å². The summed E-state index contributed by atoms with van der Waals surface area (Å²) in [4.78, 5) is 11.9. The van der Waals surface area contributed by atoms with Crippen LogP contribution in [0.25, 0.3) is 0 Å². The lowest BCUT2D eigenvalue weighted by atomic mass is 10.2. The summed E-state index contributed by atoms with van der Waals surface area (Å²) < 4.78 is 32.4. The van der Waals surface area contributed by atoms with Gasteiger partial charge in [0, 0.05) is 4.47 Å². The first-order valence-electron chi connectivity index (χ1n) is 6.02. The van der Waals surface area contributed by atoms with Gasteiger partial charge in [-0.3, -0.25) is 4.79 Å². The van der Waals surface area contributed by atoms with Gasteiger partial charge in [-0.1, -0.05) is 15.9 Å². The zero-order valence-electron chi connectivity index (χ0n) is 11.8. The summed E-state index contributed by atoms with van der Waals surface area (Å²) in [5.41, 5.74) is -0.658. The van der Waals surface area contributed by atoms with Gasteiger partial charge in [-0.15, -0.1) is 0 Å². The summed E-state index contributed by atoms with van der Waals surface area (Å²) in [6, 6.07) is 5.19. The van der Waals surface area contributed by atoms with Gasteiger partial charge in [0.2, 0.25) is 10.0 Å². The number of esters is 1. The fourth-order valence-corrected chi connectivity index (χ4v) is 2.81. The predicted molar refractivity (Wildman–Crippen MR) is 79.8 cm³/mol. The van der Waals surface area contributed by atoms with Crippen molar-refractivity contribution in [2.75, 3.05) is 0 Å². The van der Waals surface area contributed by atoms with E-state index in [-0.39, 0.29) is 4.90 Å². The molecule has 0 radical (unpaired) electrons. The Kier molecular flexibility index (Phi) is 5.34. The van der Waals surface area contributed by atoms with Gasteiger partial charge in [0.05, 0.1) is 4.90 Å². The minimum atomic E-state index is -3.75. The highest BCUT2D eigenvalue weighted by Gasteiger charge is 2.26. The Bertz CT molecular complexity index is 575. The second-order valence-corrected chi connectivity index (χ2v) is 7.96. The van der Waals surface area contributed by atoms with E-state index in [1.807, 2.05) is 0 Å². The molecule has 0 bridgehead atoms. The molecule has 1 rings (SSSR count). The first kappa shape index (κ1) is 17.1. The van der Waals surface area contributed by atoms with Crippen LogP contribution in [0.2, 0.25) is 0 Å². The molecule has 0 heterocycles. The molecule has 1 N–H and O–H groups in total. The molecule has 0 amide bonds. The van der Waals surface area contributed by atoms with Crippen molar-refractivity contribution in [3.63, 3.8) is 0 Å². The monoisotopic (exact) mass is 363 g/mol. The van der Waals surface area contributed by atoms with Crippen molar-refractivity contribution >= 4 is 31.9 Å². The Morgan fingerprint density at radius 1 is 1.25 bits per heavy atom. The van der Waals surface area contributed by atoms with Gasteiger partial charge in [0.1, 0.15) is 11.6 Å². The number of carbonyl (C=O) groups excluding carboxylic acids is 1. The van der Waals surface area contributed by atoms with Gasteiger partial charge < -0.3 is 4.74 Å². The maximum Gasteiger partial charge on any atom is 0.324 e. The number of ether oxygens (including phenoxy) is 1. The molecule has 0 saturated heterocycles. The highest BCUT2D eigenvalue weighted by Crippen LogP contribution is 2.15. The molecule has 0 aliphatic rings. The molecule has 20 heavy (non-hydrogen) atoms. The van der Waals surface area contributed by atoms with Crippen molar-refractivity contribution < 1.29 is 17.9 Å². The highest BCUT2D eigenvalue weighted by molar-refractivity contribution is 9.10. The Morgan fingerprint density at radius 2 is 1.75 bits per heavy atom. The van der Waals surface area contributed by atoms with Gasteiger partial charge >= 0.3 is 5.97 Å². The molecule has 0 saturated carbocycles. The van der Waals surface area contributed by atoms with Crippen LogP contribution in [0, 0.1) is 0 Å². The molecular formula is C13H18BrNO4S. The Balaban J connectivity index is 2.81. The van der Waals surface area contributed by atoms with Crippen LogP contribution in [0.5, 0.6) is 0 Å². The maximum atomic E-state index is 12.1. The van der Waals surface area contributed by atoms with Crippen molar-refractivity contribution in [3.8, 4) is 0 Å². The summed E-state index contributed by atoms with van der Waals surface area (Å²) in [6.07, 6.45) is 0. The number of hydrogen-bond donors (Lipinski definition) is 1. The average molecular weight is 364 g/mol. The second kappa shape index (κ2) is 6.24. The zero-order valence-corrected chi connectivity index (χ0v) is 14.2. The summed E-state index contributed by atoms with van der Waals surface area (Å²) in [6.45, 7) is 6.62. The van der Waals surface area contributed by atoms with Crippen LogP contribution >= 0.6 is 15.9 Å². The number of benzene rings is 1. The van der Waals surface area contributed by atoms with Gasteiger partial charge in [0.25, 0.3) is 0 Å². The Morgan fingerprint density at radius 3 is 2.20 bits per heavy atom. The van der Waals surface area contributed by atoms with E-state index in [1.165, 1.54) is 19.1 Å². The third-order valence-electron chi connectivity index (χ3n) is 2.22. The van der Waals surface area contributed by atoms with E-state index in [4.69, 9.17) is 4.74 Å². The van der Waals surface area contributed by atoms with E-state index in [0.29, 0.717) is 0 Å². The van der Waals surface area contributed by atoms with Crippen LogP contribution < -0.4 is 4.72 Å². The first-order chi connectivity index (χ1) is 9.01. The predicted octanol–water partition coefficient (Wildman–Crippen LogP) is 2.46. The molecule has 7 heteroatoms. The summed E-state index contributed by atoms with van der Waals surface area (Å²) >= 11 is 3.23.